The maximum atomic E-state index is 11.9. The molecule has 1 saturated heterocycles. The first-order valence-electron chi connectivity index (χ1n) is 7.78. The van der Waals surface area contributed by atoms with Crippen LogP contribution in [0.3, 0.4) is 0 Å². The standard InChI is InChI=1S/C17H24N2O3/c1-3-18-17(21)15-6-4-13(5-7-15)10-14-11-16(20)19(12-14)8-9-22-2/h4-7,14H,3,8-12H2,1-2H3,(H,18,21)/t14-/m0/s1. The van der Waals surface area contributed by atoms with Crippen molar-refractivity contribution in [3.05, 3.63) is 35.4 Å². The van der Waals surface area contributed by atoms with Gasteiger partial charge in [-0.2, -0.15) is 0 Å². The molecule has 22 heavy (non-hydrogen) atoms. The van der Waals surface area contributed by atoms with Gasteiger partial charge in [0, 0.05) is 38.7 Å². The Morgan fingerprint density at radius 1 is 1.36 bits per heavy atom. The van der Waals surface area contributed by atoms with Crippen molar-refractivity contribution in [3.8, 4) is 0 Å². The van der Waals surface area contributed by atoms with Crippen molar-refractivity contribution in [2.24, 2.45) is 5.92 Å². The number of ether oxygens (including phenoxy) is 1. The smallest absolute Gasteiger partial charge is 0.251 e. The van der Waals surface area contributed by atoms with Crippen LogP contribution in [0.15, 0.2) is 24.3 Å². The van der Waals surface area contributed by atoms with Gasteiger partial charge in [-0.05, 0) is 37.0 Å². The molecule has 0 bridgehead atoms. The molecule has 0 unspecified atom stereocenters. The molecule has 1 aliphatic rings. The van der Waals surface area contributed by atoms with Crippen LogP contribution in [-0.4, -0.2) is 50.1 Å². The lowest BCUT2D eigenvalue weighted by Crippen LogP contribution is -2.28. The normalized spacial score (nSPS) is 17.8. The second kappa shape index (κ2) is 7.94. The number of likely N-dealkylation sites (tertiary alicyclic amines) is 1. The summed E-state index contributed by atoms with van der Waals surface area (Å²) in [6.45, 7) is 4.57. The van der Waals surface area contributed by atoms with Gasteiger partial charge < -0.3 is 15.0 Å². The van der Waals surface area contributed by atoms with Crippen LogP contribution in [-0.2, 0) is 16.0 Å². The molecule has 0 saturated carbocycles. The zero-order chi connectivity index (χ0) is 15.9. The van der Waals surface area contributed by atoms with Crippen LogP contribution in [0.1, 0.15) is 29.3 Å². The van der Waals surface area contributed by atoms with Crippen molar-refractivity contribution in [3.63, 3.8) is 0 Å². The molecule has 5 nitrogen and oxygen atoms in total. The summed E-state index contributed by atoms with van der Waals surface area (Å²) < 4.78 is 5.03. The Balaban J connectivity index is 1.89. The van der Waals surface area contributed by atoms with Crippen molar-refractivity contribution in [1.82, 2.24) is 10.2 Å². The topological polar surface area (TPSA) is 58.6 Å². The van der Waals surface area contributed by atoms with Crippen LogP contribution in [0, 0.1) is 5.92 Å². The van der Waals surface area contributed by atoms with E-state index in [0.29, 0.717) is 37.6 Å². The summed E-state index contributed by atoms with van der Waals surface area (Å²) in [6, 6.07) is 7.65. The molecule has 2 amide bonds. The molecule has 0 aliphatic carbocycles. The maximum absolute atomic E-state index is 11.9. The molecule has 1 aromatic carbocycles. The van der Waals surface area contributed by atoms with Gasteiger partial charge in [0.15, 0.2) is 0 Å². The first kappa shape index (κ1) is 16.5. The Bertz CT molecular complexity index is 513. The number of methoxy groups -OCH3 is 1. The fourth-order valence-electron chi connectivity index (χ4n) is 2.80. The van der Waals surface area contributed by atoms with E-state index in [1.54, 1.807) is 7.11 Å². The molecule has 0 radical (unpaired) electrons. The molecule has 2 rings (SSSR count). The van der Waals surface area contributed by atoms with E-state index >= 15 is 0 Å². The van der Waals surface area contributed by atoms with E-state index in [9.17, 15) is 9.59 Å². The first-order valence-corrected chi connectivity index (χ1v) is 7.78. The summed E-state index contributed by atoms with van der Waals surface area (Å²) in [4.78, 5) is 25.5. The van der Waals surface area contributed by atoms with E-state index in [2.05, 4.69) is 5.32 Å². The van der Waals surface area contributed by atoms with Crippen LogP contribution >= 0.6 is 0 Å². The SMILES string of the molecule is CCNC(=O)c1ccc(C[C@H]2CC(=O)N(CCOC)C2)cc1. The average molecular weight is 304 g/mol. The molecule has 1 aliphatic heterocycles. The number of hydrogen-bond donors (Lipinski definition) is 1. The summed E-state index contributed by atoms with van der Waals surface area (Å²) in [7, 11) is 1.65. The minimum absolute atomic E-state index is 0.0455. The molecule has 0 spiro atoms. The number of benzene rings is 1. The minimum Gasteiger partial charge on any atom is -0.383 e. The van der Waals surface area contributed by atoms with Crippen LogP contribution in [0.5, 0.6) is 0 Å². The van der Waals surface area contributed by atoms with E-state index < -0.39 is 0 Å². The largest absolute Gasteiger partial charge is 0.383 e. The van der Waals surface area contributed by atoms with Crippen molar-refractivity contribution >= 4 is 11.8 Å². The summed E-state index contributed by atoms with van der Waals surface area (Å²) in [6.07, 6.45) is 1.46. The van der Waals surface area contributed by atoms with Crippen molar-refractivity contribution < 1.29 is 14.3 Å². The van der Waals surface area contributed by atoms with E-state index in [1.807, 2.05) is 36.1 Å². The second-order valence-electron chi connectivity index (χ2n) is 5.66. The van der Waals surface area contributed by atoms with Crippen molar-refractivity contribution in [1.29, 1.82) is 0 Å². The maximum Gasteiger partial charge on any atom is 0.251 e. The Morgan fingerprint density at radius 2 is 2.09 bits per heavy atom. The molecular formula is C17H24N2O3. The van der Waals surface area contributed by atoms with Gasteiger partial charge >= 0.3 is 0 Å². The third-order valence-corrected chi connectivity index (χ3v) is 3.94. The van der Waals surface area contributed by atoms with Gasteiger partial charge in [-0.1, -0.05) is 12.1 Å². The number of rotatable bonds is 7. The average Bonchev–Trinajstić information content (AvgIpc) is 2.86. The van der Waals surface area contributed by atoms with E-state index in [-0.39, 0.29) is 11.8 Å². The third-order valence-electron chi connectivity index (χ3n) is 3.94. The Kier molecular flexibility index (Phi) is 5.95. The Morgan fingerprint density at radius 3 is 2.73 bits per heavy atom. The lowest BCUT2D eigenvalue weighted by molar-refractivity contribution is -0.128. The number of carbonyl (C=O) groups is 2. The van der Waals surface area contributed by atoms with Crippen molar-refractivity contribution in [2.75, 3.05) is 33.4 Å². The Labute approximate surface area is 131 Å². The van der Waals surface area contributed by atoms with Gasteiger partial charge in [0.25, 0.3) is 5.91 Å². The van der Waals surface area contributed by atoms with Gasteiger partial charge in [-0.15, -0.1) is 0 Å². The molecule has 120 valence electrons. The summed E-state index contributed by atoms with van der Waals surface area (Å²) in [5.74, 6) is 0.511. The molecule has 1 N–H and O–H groups in total. The fraction of sp³-hybridized carbons (Fsp3) is 0.529. The van der Waals surface area contributed by atoms with E-state index in [0.717, 1.165) is 13.0 Å². The molecule has 1 fully saturated rings. The van der Waals surface area contributed by atoms with Gasteiger partial charge in [0.2, 0.25) is 5.91 Å². The zero-order valence-electron chi connectivity index (χ0n) is 13.3. The molecule has 5 heteroatoms. The zero-order valence-corrected chi connectivity index (χ0v) is 13.3. The predicted molar refractivity (Wildman–Crippen MR) is 84.7 cm³/mol. The lowest BCUT2D eigenvalue weighted by atomic mass is 9.97. The summed E-state index contributed by atoms with van der Waals surface area (Å²) >= 11 is 0. The van der Waals surface area contributed by atoms with Gasteiger partial charge in [0.1, 0.15) is 0 Å². The summed E-state index contributed by atoms with van der Waals surface area (Å²) in [5, 5.41) is 2.78. The first-order chi connectivity index (χ1) is 10.6. The quantitative estimate of drug-likeness (QED) is 0.830. The predicted octanol–water partition coefficient (Wildman–Crippen LogP) is 1.47. The van der Waals surface area contributed by atoms with Crippen LogP contribution < -0.4 is 5.32 Å². The third kappa shape index (κ3) is 4.31. The molecule has 1 aromatic rings. The minimum atomic E-state index is -0.0455. The second-order valence-corrected chi connectivity index (χ2v) is 5.66. The van der Waals surface area contributed by atoms with Crippen molar-refractivity contribution in [2.45, 2.75) is 19.8 Å². The number of hydrogen-bond acceptors (Lipinski definition) is 3. The van der Waals surface area contributed by atoms with Gasteiger partial charge in [0.05, 0.1) is 6.61 Å². The van der Waals surface area contributed by atoms with E-state index in [1.165, 1.54) is 5.56 Å². The van der Waals surface area contributed by atoms with Gasteiger partial charge in [-0.25, -0.2) is 0 Å². The molecule has 1 atom stereocenters. The van der Waals surface area contributed by atoms with E-state index in [4.69, 9.17) is 4.74 Å². The number of nitrogens with zero attached hydrogens (tertiary/aromatic N) is 1. The molecule has 0 aromatic heterocycles. The van der Waals surface area contributed by atoms with Gasteiger partial charge in [-0.3, -0.25) is 9.59 Å². The van der Waals surface area contributed by atoms with Crippen LogP contribution in [0.25, 0.3) is 0 Å². The number of carbonyl (C=O) groups excluding carboxylic acids is 2. The highest BCUT2D eigenvalue weighted by atomic mass is 16.5. The van der Waals surface area contributed by atoms with Crippen LogP contribution in [0.2, 0.25) is 0 Å². The highest BCUT2D eigenvalue weighted by Crippen LogP contribution is 2.22. The number of nitrogens with one attached hydrogen (secondary N) is 1. The monoisotopic (exact) mass is 304 g/mol. The highest BCUT2D eigenvalue weighted by molar-refractivity contribution is 5.94. The summed E-state index contributed by atoms with van der Waals surface area (Å²) in [5.41, 5.74) is 1.84. The highest BCUT2D eigenvalue weighted by Gasteiger charge is 2.29. The molecule has 1 heterocycles. The fourth-order valence-corrected chi connectivity index (χ4v) is 2.80. The number of amides is 2. The molecular weight excluding hydrogens is 280 g/mol. The lowest BCUT2D eigenvalue weighted by Gasteiger charge is -2.16. The van der Waals surface area contributed by atoms with Crippen LogP contribution in [0.4, 0.5) is 0 Å². The Hall–Kier alpha value is -1.88.